The molecule has 0 spiro atoms. The molecule has 1 aromatic carbocycles. The number of hydrogen-bond acceptors (Lipinski definition) is 1. The smallest absolute Gasteiger partial charge is 0.0328 e. The molecule has 0 saturated carbocycles. The summed E-state index contributed by atoms with van der Waals surface area (Å²) in [7, 11) is 1.98. The van der Waals surface area contributed by atoms with Crippen molar-refractivity contribution in [1.82, 2.24) is 5.32 Å². The molecule has 15 heavy (non-hydrogen) atoms. The number of halogens is 1. The van der Waals surface area contributed by atoms with E-state index < -0.39 is 0 Å². The number of hydrogen-bond donors (Lipinski definition) is 1. The fraction of sp³-hybridized carbons (Fsp3) is 0.538. The average Bonchev–Trinajstić information content (AvgIpc) is 2.26. The van der Waals surface area contributed by atoms with Gasteiger partial charge in [-0.25, -0.2) is 0 Å². The van der Waals surface area contributed by atoms with Gasteiger partial charge in [-0.2, -0.15) is 0 Å². The van der Waals surface area contributed by atoms with Crippen LogP contribution in [0.3, 0.4) is 0 Å². The van der Waals surface area contributed by atoms with E-state index in [0.29, 0.717) is 17.8 Å². The van der Waals surface area contributed by atoms with Gasteiger partial charge in [0.2, 0.25) is 0 Å². The van der Waals surface area contributed by atoms with E-state index in [1.807, 2.05) is 7.05 Å². The molecule has 0 aromatic heterocycles. The SMILES string of the molecule is CNC(CCCl)c1ccc(C(C)C)cc1. The molecule has 0 radical (unpaired) electrons. The summed E-state index contributed by atoms with van der Waals surface area (Å²) in [5, 5.41) is 3.28. The minimum absolute atomic E-state index is 0.378. The van der Waals surface area contributed by atoms with Crippen LogP contribution in [0.15, 0.2) is 24.3 Å². The topological polar surface area (TPSA) is 12.0 Å². The highest BCUT2D eigenvalue weighted by atomic mass is 35.5. The number of nitrogens with one attached hydrogen (secondary N) is 1. The predicted octanol–water partition coefficient (Wildman–Crippen LogP) is 3.70. The summed E-state index contributed by atoms with van der Waals surface area (Å²) in [6, 6.07) is 9.19. The van der Waals surface area contributed by atoms with Crippen LogP contribution in [0.1, 0.15) is 43.4 Å². The molecule has 1 unspecified atom stereocenters. The van der Waals surface area contributed by atoms with Crippen LogP contribution in [0.25, 0.3) is 0 Å². The van der Waals surface area contributed by atoms with E-state index >= 15 is 0 Å². The zero-order valence-corrected chi connectivity index (χ0v) is 10.5. The summed E-state index contributed by atoms with van der Waals surface area (Å²) in [5.74, 6) is 1.29. The first-order valence-corrected chi connectivity index (χ1v) is 6.05. The minimum atomic E-state index is 0.378. The Morgan fingerprint density at radius 3 is 2.07 bits per heavy atom. The van der Waals surface area contributed by atoms with E-state index in [0.717, 1.165) is 6.42 Å². The van der Waals surface area contributed by atoms with Crippen LogP contribution in [-0.2, 0) is 0 Å². The first-order chi connectivity index (χ1) is 7.19. The fourth-order valence-electron chi connectivity index (χ4n) is 1.70. The molecule has 84 valence electrons. The Kier molecular flexibility index (Phi) is 5.13. The molecule has 1 nitrogen and oxygen atoms in total. The lowest BCUT2D eigenvalue weighted by atomic mass is 9.98. The van der Waals surface area contributed by atoms with Crippen LogP contribution in [-0.4, -0.2) is 12.9 Å². The van der Waals surface area contributed by atoms with Crippen molar-refractivity contribution in [2.75, 3.05) is 12.9 Å². The van der Waals surface area contributed by atoms with E-state index in [1.54, 1.807) is 0 Å². The third kappa shape index (κ3) is 3.51. The Morgan fingerprint density at radius 1 is 1.13 bits per heavy atom. The van der Waals surface area contributed by atoms with E-state index in [4.69, 9.17) is 11.6 Å². The van der Waals surface area contributed by atoms with Crippen molar-refractivity contribution in [2.24, 2.45) is 0 Å². The van der Waals surface area contributed by atoms with Crippen molar-refractivity contribution in [2.45, 2.75) is 32.2 Å². The molecular weight excluding hydrogens is 206 g/mol. The Labute approximate surface area is 97.8 Å². The first kappa shape index (κ1) is 12.5. The Balaban J connectivity index is 2.77. The molecule has 1 atom stereocenters. The molecule has 0 bridgehead atoms. The third-order valence-electron chi connectivity index (χ3n) is 2.75. The van der Waals surface area contributed by atoms with E-state index in [1.165, 1.54) is 11.1 Å². The lowest BCUT2D eigenvalue weighted by Crippen LogP contribution is -2.16. The summed E-state index contributed by atoms with van der Waals surface area (Å²) in [6.07, 6.45) is 0.971. The summed E-state index contributed by atoms with van der Waals surface area (Å²) < 4.78 is 0. The van der Waals surface area contributed by atoms with Gasteiger partial charge in [-0.1, -0.05) is 38.1 Å². The van der Waals surface area contributed by atoms with Crippen LogP contribution in [0.4, 0.5) is 0 Å². The van der Waals surface area contributed by atoms with Crippen LogP contribution in [0.2, 0.25) is 0 Å². The second-order valence-electron chi connectivity index (χ2n) is 4.14. The van der Waals surface area contributed by atoms with Crippen LogP contribution >= 0.6 is 11.6 Å². The highest BCUT2D eigenvalue weighted by Gasteiger charge is 2.08. The number of rotatable bonds is 5. The quantitative estimate of drug-likeness (QED) is 0.754. The zero-order valence-electron chi connectivity index (χ0n) is 9.76. The summed E-state index contributed by atoms with van der Waals surface area (Å²) >= 11 is 5.77. The first-order valence-electron chi connectivity index (χ1n) is 5.52. The third-order valence-corrected chi connectivity index (χ3v) is 2.97. The normalized spacial score (nSPS) is 13.1. The van der Waals surface area contributed by atoms with Crippen LogP contribution in [0.5, 0.6) is 0 Å². The lowest BCUT2D eigenvalue weighted by molar-refractivity contribution is 0.579. The Hall–Kier alpha value is -0.530. The molecule has 1 rings (SSSR count). The van der Waals surface area contributed by atoms with Crippen LogP contribution < -0.4 is 5.32 Å². The molecule has 0 saturated heterocycles. The maximum absolute atomic E-state index is 5.77. The van der Waals surface area contributed by atoms with Gasteiger partial charge in [-0.15, -0.1) is 11.6 Å². The molecule has 2 heteroatoms. The summed E-state index contributed by atoms with van der Waals surface area (Å²) in [6.45, 7) is 4.42. The number of alkyl halides is 1. The van der Waals surface area contributed by atoms with Gasteiger partial charge in [0.15, 0.2) is 0 Å². The van der Waals surface area contributed by atoms with Crippen molar-refractivity contribution in [1.29, 1.82) is 0 Å². The minimum Gasteiger partial charge on any atom is -0.313 e. The van der Waals surface area contributed by atoms with E-state index in [2.05, 4.69) is 43.4 Å². The molecule has 0 aliphatic carbocycles. The predicted molar refractivity (Wildman–Crippen MR) is 67.7 cm³/mol. The molecule has 0 aliphatic heterocycles. The van der Waals surface area contributed by atoms with Gasteiger partial charge in [0, 0.05) is 11.9 Å². The van der Waals surface area contributed by atoms with Crippen molar-refractivity contribution in [3.05, 3.63) is 35.4 Å². The van der Waals surface area contributed by atoms with Gasteiger partial charge in [-0.3, -0.25) is 0 Å². The second kappa shape index (κ2) is 6.14. The standard InChI is InChI=1S/C13H20ClN/c1-10(2)11-4-6-12(7-5-11)13(15-3)8-9-14/h4-7,10,13,15H,8-9H2,1-3H3. The van der Waals surface area contributed by atoms with Crippen molar-refractivity contribution in [3.63, 3.8) is 0 Å². The van der Waals surface area contributed by atoms with Crippen molar-refractivity contribution < 1.29 is 0 Å². The fourth-order valence-corrected chi connectivity index (χ4v) is 1.92. The molecule has 1 N–H and O–H groups in total. The Bertz CT molecular complexity index is 279. The lowest BCUT2D eigenvalue weighted by Gasteiger charge is -2.16. The number of benzene rings is 1. The average molecular weight is 226 g/mol. The molecule has 0 amide bonds. The highest BCUT2D eigenvalue weighted by Crippen LogP contribution is 2.20. The van der Waals surface area contributed by atoms with Gasteiger partial charge >= 0.3 is 0 Å². The Morgan fingerprint density at radius 2 is 1.67 bits per heavy atom. The monoisotopic (exact) mass is 225 g/mol. The zero-order chi connectivity index (χ0) is 11.3. The van der Waals surface area contributed by atoms with Gasteiger partial charge in [0.05, 0.1) is 0 Å². The molecule has 0 aliphatic rings. The summed E-state index contributed by atoms with van der Waals surface area (Å²) in [4.78, 5) is 0. The van der Waals surface area contributed by atoms with Crippen LogP contribution in [0, 0.1) is 0 Å². The van der Waals surface area contributed by atoms with Crippen molar-refractivity contribution >= 4 is 11.6 Å². The van der Waals surface area contributed by atoms with E-state index in [-0.39, 0.29) is 0 Å². The largest absolute Gasteiger partial charge is 0.313 e. The van der Waals surface area contributed by atoms with Gasteiger partial charge < -0.3 is 5.32 Å². The molecule has 0 fully saturated rings. The maximum Gasteiger partial charge on any atom is 0.0328 e. The van der Waals surface area contributed by atoms with E-state index in [9.17, 15) is 0 Å². The molecule has 1 aromatic rings. The second-order valence-corrected chi connectivity index (χ2v) is 4.52. The molecule has 0 heterocycles. The molecular formula is C13H20ClN. The highest BCUT2D eigenvalue weighted by molar-refractivity contribution is 6.17. The van der Waals surface area contributed by atoms with Gasteiger partial charge in [-0.05, 0) is 30.5 Å². The summed E-state index contributed by atoms with van der Waals surface area (Å²) in [5.41, 5.74) is 2.71. The van der Waals surface area contributed by atoms with Gasteiger partial charge in [0.1, 0.15) is 0 Å². The van der Waals surface area contributed by atoms with Crippen molar-refractivity contribution in [3.8, 4) is 0 Å². The van der Waals surface area contributed by atoms with Gasteiger partial charge in [0.25, 0.3) is 0 Å². The maximum atomic E-state index is 5.77.